The van der Waals surface area contributed by atoms with E-state index in [-0.39, 0.29) is 29.6 Å². The van der Waals surface area contributed by atoms with Gasteiger partial charge in [-0.15, -0.1) is 0 Å². The molecule has 0 radical (unpaired) electrons. The van der Waals surface area contributed by atoms with Gasteiger partial charge in [0.1, 0.15) is 11.6 Å². The highest BCUT2D eigenvalue weighted by atomic mass is 19.1. The molecule has 1 amide bonds. The highest BCUT2D eigenvalue weighted by Gasteiger charge is 2.50. The minimum Gasteiger partial charge on any atom is -0.384 e. The summed E-state index contributed by atoms with van der Waals surface area (Å²) in [5.41, 5.74) is 0.303. The molecular formula is C27H32F2N2O2. The lowest BCUT2D eigenvalue weighted by Crippen LogP contribution is -2.57. The van der Waals surface area contributed by atoms with Crippen LogP contribution in [0.5, 0.6) is 0 Å². The lowest BCUT2D eigenvalue weighted by Gasteiger charge is -2.48. The van der Waals surface area contributed by atoms with Crippen LogP contribution in [0.15, 0.2) is 48.5 Å². The standard InChI is InChI=1S/C27H32F2N2O2/c1-17-13-31(14-18(2)27(17,33)19-6-4-3-5-7-19)26(32)24-16-30(21-9-10-21)15-23(24)22-11-8-20(28)12-25(22)29/h3-8,11-12,17-18,21,23-24,33H,9-10,13-16H2,1-2H3/t17?,18?,23-,24+,27?/m0/s1. The molecule has 4 nitrogen and oxygen atoms in total. The molecule has 1 N–H and O–H groups in total. The molecule has 2 unspecified atom stereocenters. The Kier molecular flexibility index (Phi) is 5.78. The maximum absolute atomic E-state index is 14.7. The first-order chi connectivity index (χ1) is 15.8. The molecule has 4 atom stereocenters. The van der Waals surface area contributed by atoms with Crippen LogP contribution in [-0.4, -0.2) is 53.0 Å². The number of carbonyl (C=O) groups is 1. The number of rotatable bonds is 4. The summed E-state index contributed by atoms with van der Waals surface area (Å²) in [6, 6.07) is 13.9. The first-order valence-electron chi connectivity index (χ1n) is 12.0. The Labute approximate surface area is 194 Å². The van der Waals surface area contributed by atoms with Gasteiger partial charge in [-0.1, -0.05) is 50.2 Å². The largest absolute Gasteiger partial charge is 0.384 e. The SMILES string of the molecule is CC1CN(C(=O)[C@@H]2CN(C3CC3)C[C@H]2c2ccc(F)cc2F)CC(C)C1(O)c1ccccc1. The molecule has 0 spiro atoms. The fourth-order valence-corrected chi connectivity index (χ4v) is 6.13. The minimum atomic E-state index is -1.00. The number of aliphatic hydroxyl groups is 1. The van der Waals surface area contributed by atoms with E-state index in [4.69, 9.17) is 0 Å². The van der Waals surface area contributed by atoms with Gasteiger partial charge in [0.25, 0.3) is 0 Å². The molecule has 3 fully saturated rings. The van der Waals surface area contributed by atoms with Crippen LogP contribution in [0.25, 0.3) is 0 Å². The summed E-state index contributed by atoms with van der Waals surface area (Å²) in [6.45, 7) is 6.11. The predicted octanol–water partition coefficient (Wildman–Crippen LogP) is 4.14. The molecule has 1 aliphatic carbocycles. The van der Waals surface area contributed by atoms with Crippen molar-refractivity contribution >= 4 is 5.91 Å². The number of hydrogen-bond acceptors (Lipinski definition) is 3. The van der Waals surface area contributed by atoms with Crippen LogP contribution >= 0.6 is 0 Å². The van der Waals surface area contributed by atoms with Crippen LogP contribution < -0.4 is 0 Å². The van der Waals surface area contributed by atoms with E-state index in [1.165, 1.54) is 12.1 Å². The van der Waals surface area contributed by atoms with E-state index in [1.54, 1.807) is 0 Å². The Morgan fingerprint density at radius 1 is 0.970 bits per heavy atom. The number of piperidine rings is 1. The maximum atomic E-state index is 14.7. The molecule has 0 bridgehead atoms. The number of halogens is 2. The summed E-state index contributed by atoms with van der Waals surface area (Å²) >= 11 is 0. The van der Waals surface area contributed by atoms with E-state index in [9.17, 15) is 18.7 Å². The Morgan fingerprint density at radius 2 is 1.64 bits per heavy atom. The Balaban J connectivity index is 1.39. The fraction of sp³-hybridized carbons (Fsp3) is 0.519. The Morgan fingerprint density at radius 3 is 2.24 bits per heavy atom. The Hall–Kier alpha value is -2.31. The fourth-order valence-electron chi connectivity index (χ4n) is 6.13. The molecule has 176 valence electrons. The molecule has 6 heteroatoms. The van der Waals surface area contributed by atoms with Crippen molar-refractivity contribution in [2.45, 2.75) is 44.2 Å². The quantitative estimate of drug-likeness (QED) is 0.755. The summed E-state index contributed by atoms with van der Waals surface area (Å²) in [6.07, 6.45) is 2.23. The maximum Gasteiger partial charge on any atom is 0.227 e. The van der Waals surface area contributed by atoms with Gasteiger partial charge >= 0.3 is 0 Å². The van der Waals surface area contributed by atoms with E-state index in [2.05, 4.69) is 4.90 Å². The lowest BCUT2D eigenvalue weighted by molar-refractivity contribution is -0.152. The molecule has 2 aliphatic heterocycles. The molecule has 2 heterocycles. The molecule has 2 saturated heterocycles. The van der Waals surface area contributed by atoms with E-state index in [0.717, 1.165) is 24.5 Å². The summed E-state index contributed by atoms with van der Waals surface area (Å²) in [7, 11) is 0. The van der Waals surface area contributed by atoms with Gasteiger partial charge in [-0.3, -0.25) is 9.69 Å². The van der Waals surface area contributed by atoms with Crippen molar-refractivity contribution in [3.63, 3.8) is 0 Å². The van der Waals surface area contributed by atoms with Gasteiger partial charge < -0.3 is 10.0 Å². The smallest absolute Gasteiger partial charge is 0.227 e. The summed E-state index contributed by atoms with van der Waals surface area (Å²) in [4.78, 5) is 18.0. The first-order valence-corrected chi connectivity index (χ1v) is 12.0. The zero-order valence-electron chi connectivity index (χ0n) is 19.3. The molecule has 2 aromatic rings. The molecule has 0 aromatic heterocycles. The average molecular weight is 455 g/mol. The van der Waals surface area contributed by atoms with Crippen molar-refractivity contribution < 1.29 is 18.7 Å². The van der Waals surface area contributed by atoms with Gasteiger partial charge in [-0.2, -0.15) is 0 Å². The van der Waals surface area contributed by atoms with Crippen LogP contribution in [-0.2, 0) is 10.4 Å². The van der Waals surface area contributed by atoms with Gasteiger partial charge in [0.2, 0.25) is 5.91 Å². The molecule has 5 rings (SSSR count). The van der Waals surface area contributed by atoms with E-state index in [0.29, 0.717) is 37.8 Å². The summed E-state index contributed by atoms with van der Waals surface area (Å²) in [5.74, 6) is -2.11. The van der Waals surface area contributed by atoms with Gasteiger partial charge in [-0.25, -0.2) is 8.78 Å². The van der Waals surface area contributed by atoms with Crippen LogP contribution in [0.4, 0.5) is 8.78 Å². The topological polar surface area (TPSA) is 43.8 Å². The van der Waals surface area contributed by atoms with Crippen molar-refractivity contribution in [3.8, 4) is 0 Å². The molecule has 33 heavy (non-hydrogen) atoms. The monoisotopic (exact) mass is 454 g/mol. The third-order valence-corrected chi connectivity index (χ3v) is 8.13. The number of nitrogens with zero attached hydrogens (tertiary/aromatic N) is 2. The number of hydrogen-bond donors (Lipinski definition) is 1. The third kappa shape index (κ3) is 3.97. The van der Waals surface area contributed by atoms with Crippen molar-refractivity contribution in [1.82, 2.24) is 9.80 Å². The van der Waals surface area contributed by atoms with E-state index in [1.807, 2.05) is 49.1 Å². The van der Waals surface area contributed by atoms with Gasteiger partial charge in [0.15, 0.2) is 0 Å². The third-order valence-electron chi connectivity index (χ3n) is 8.13. The van der Waals surface area contributed by atoms with Crippen LogP contribution in [0.2, 0.25) is 0 Å². The zero-order chi connectivity index (χ0) is 23.3. The second-order valence-corrected chi connectivity index (χ2v) is 10.3. The molecule has 2 aromatic carbocycles. The Bertz CT molecular complexity index is 1010. The average Bonchev–Trinajstić information content (AvgIpc) is 3.56. The van der Waals surface area contributed by atoms with Crippen molar-refractivity contribution in [2.75, 3.05) is 26.2 Å². The molecule has 1 saturated carbocycles. The number of amides is 1. The van der Waals surface area contributed by atoms with Crippen LogP contribution in [0, 0.1) is 29.4 Å². The van der Waals surface area contributed by atoms with Crippen LogP contribution in [0.3, 0.4) is 0 Å². The first kappa shape index (κ1) is 22.5. The normalized spacial score (nSPS) is 32.8. The highest BCUT2D eigenvalue weighted by molar-refractivity contribution is 5.81. The summed E-state index contributed by atoms with van der Waals surface area (Å²) < 4.78 is 28.3. The molecule has 3 aliphatic rings. The predicted molar refractivity (Wildman–Crippen MR) is 122 cm³/mol. The van der Waals surface area contributed by atoms with Crippen molar-refractivity contribution in [3.05, 3.63) is 71.3 Å². The van der Waals surface area contributed by atoms with Gasteiger partial charge in [0, 0.05) is 56.0 Å². The van der Waals surface area contributed by atoms with Crippen molar-refractivity contribution in [2.24, 2.45) is 17.8 Å². The minimum absolute atomic E-state index is 0.0145. The second-order valence-electron chi connectivity index (χ2n) is 10.3. The lowest BCUT2D eigenvalue weighted by atomic mass is 9.70. The van der Waals surface area contributed by atoms with E-state index < -0.39 is 17.2 Å². The van der Waals surface area contributed by atoms with Crippen LogP contribution in [0.1, 0.15) is 43.7 Å². The van der Waals surface area contributed by atoms with Crippen molar-refractivity contribution in [1.29, 1.82) is 0 Å². The second kappa shape index (κ2) is 8.48. The van der Waals surface area contributed by atoms with Gasteiger partial charge in [0.05, 0.1) is 11.5 Å². The summed E-state index contributed by atoms with van der Waals surface area (Å²) in [5, 5.41) is 11.6. The zero-order valence-corrected chi connectivity index (χ0v) is 19.3. The number of likely N-dealkylation sites (tertiary alicyclic amines) is 2. The van der Waals surface area contributed by atoms with E-state index >= 15 is 0 Å². The number of carbonyl (C=O) groups excluding carboxylic acids is 1. The molecular weight excluding hydrogens is 422 g/mol. The number of benzene rings is 2. The highest BCUT2D eigenvalue weighted by Crippen LogP contribution is 2.44. The van der Waals surface area contributed by atoms with Gasteiger partial charge in [-0.05, 0) is 30.0 Å².